The highest BCUT2D eigenvalue weighted by Crippen LogP contribution is 2.15. The number of nitrogens with zero attached hydrogens (tertiary/aromatic N) is 2. The summed E-state index contributed by atoms with van der Waals surface area (Å²) in [7, 11) is 0. The standard InChI is InChI=1S/C15H31N3O/c1-12(2)11-18(13(3)4)14(10-16)9-15(19)17-7-5-6-8-17/h12-14H,5-11,16H2,1-4H3. The molecule has 0 aromatic carbocycles. The van der Waals surface area contributed by atoms with Crippen molar-refractivity contribution >= 4 is 5.91 Å². The molecule has 0 aromatic rings. The fourth-order valence-corrected chi connectivity index (χ4v) is 2.84. The monoisotopic (exact) mass is 269 g/mol. The Morgan fingerprint density at radius 1 is 1.21 bits per heavy atom. The maximum atomic E-state index is 12.3. The summed E-state index contributed by atoms with van der Waals surface area (Å²) in [6.07, 6.45) is 2.87. The number of hydrogen-bond acceptors (Lipinski definition) is 3. The molecule has 1 fully saturated rings. The van der Waals surface area contributed by atoms with Gasteiger partial charge in [0.2, 0.25) is 5.91 Å². The Labute approximate surface area is 118 Å². The molecular weight excluding hydrogens is 238 g/mol. The molecule has 0 aromatic heterocycles. The lowest BCUT2D eigenvalue weighted by atomic mass is 10.1. The highest BCUT2D eigenvalue weighted by Gasteiger charge is 2.26. The van der Waals surface area contributed by atoms with E-state index in [1.165, 1.54) is 0 Å². The first kappa shape index (κ1) is 16.4. The second-order valence-corrected chi connectivity index (χ2v) is 6.37. The summed E-state index contributed by atoms with van der Waals surface area (Å²) in [5.74, 6) is 0.876. The molecule has 1 atom stereocenters. The lowest BCUT2D eigenvalue weighted by Gasteiger charge is -2.36. The molecule has 0 aliphatic carbocycles. The van der Waals surface area contributed by atoms with Crippen molar-refractivity contribution < 1.29 is 4.79 Å². The van der Waals surface area contributed by atoms with Crippen LogP contribution in [0.1, 0.15) is 47.0 Å². The third-order valence-electron chi connectivity index (χ3n) is 3.85. The first-order chi connectivity index (χ1) is 8.95. The predicted octanol–water partition coefficient (Wildman–Crippen LogP) is 1.69. The lowest BCUT2D eigenvalue weighted by molar-refractivity contribution is -0.131. The molecule has 0 saturated carbocycles. The Morgan fingerprint density at radius 3 is 2.21 bits per heavy atom. The summed E-state index contributed by atoms with van der Waals surface area (Å²) in [6, 6.07) is 0.609. The minimum absolute atomic E-state index is 0.176. The van der Waals surface area contributed by atoms with E-state index in [1.807, 2.05) is 4.90 Å². The first-order valence-electron chi connectivity index (χ1n) is 7.69. The second-order valence-electron chi connectivity index (χ2n) is 6.37. The zero-order valence-corrected chi connectivity index (χ0v) is 13.1. The molecule has 1 aliphatic rings. The van der Waals surface area contributed by atoms with Crippen LogP contribution < -0.4 is 5.73 Å². The fraction of sp³-hybridized carbons (Fsp3) is 0.933. The fourth-order valence-electron chi connectivity index (χ4n) is 2.84. The molecule has 0 spiro atoms. The Balaban J connectivity index is 2.60. The van der Waals surface area contributed by atoms with Crippen molar-refractivity contribution in [3.8, 4) is 0 Å². The average Bonchev–Trinajstić information content (AvgIpc) is 2.86. The first-order valence-corrected chi connectivity index (χ1v) is 7.69. The predicted molar refractivity (Wildman–Crippen MR) is 80.0 cm³/mol. The third-order valence-corrected chi connectivity index (χ3v) is 3.85. The maximum Gasteiger partial charge on any atom is 0.224 e. The van der Waals surface area contributed by atoms with Crippen molar-refractivity contribution in [2.24, 2.45) is 11.7 Å². The van der Waals surface area contributed by atoms with Crippen molar-refractivity contribution in [2.45, 2.75) is 59.0 Å². The molecule has 1 amide bonds. The topological polar surface area (TPSA) is 49.6 Å². The summed E-state index contributed by atoms with van der Waals surface area (Å²) in [4.78, 5) is 16.7. The SMILES string of the molecule is CC(C)CN(C(C)C)C(CN)CC(=O)N1CCCC1. The quantitative estimate of drug-likeness (QED) is 0.765. The minimum atomic E-state index is 0.176. The van der Waals surface area contributed by atoms with Gasteiger partial charge in [0.05, 0.1) is 0 Å². The average molecular weight is 269 g/mol. The number of amides is 1. The summed E-state index contributed by atoms with van der Waals surface area (Å²) < 4.78 is 0. The molecule has 112 valence electrons. The molecule has 1 rings (SSSR count). The Kier molecular flexibility index (Phi) is 6.80. The largest absolute Gasteiger partial charge is 0.343 e. The molecular formula is C15H31N3O. The number of carbonyl (C=O) groups excluding carboxylic acids is 1. The summed E-state index contributed by atoms with van der Waals surface area (Å²) >= 11 is 0. The molecule has 1 aliphatic heterocycles. The molecule has 1 unspecified atom stereocenters. The van der Waals surface area contributed by atoms with Gasteiger partial charge in [0, 0.05) is 44.7 Å². The zero-order valence-electron chi connectivity index (χ0n) is 13.1. The van der Waals surface area contributed by atoms with Gasteiger partial charge >= 0.3 is 0 Å². The Hall–Kier alpha value is -0.610. The minimum Gasteiger partial charge on any atom is -0.343 e. The Morgan fingerprint density at radius 2 is 1.79 bits per heavy atom. The van der Waals surface area contributed by atoms with Crippen molar-refractivity contribution in [1.29, 1.82) is 0 Å². The van der Waals surface area contributed by atoms with Crippen LogP contribution in [0.4, 0.5) is 0 Å². The molecule has 0 radical (unpaired) electrons. The Bertz CT molecular complexity index is 273. The van der Waals surface area contributed by atoms with E-state index in [9.17, 15) is 4.79 Å². The van der Waals surface area contributed by atoms with Crippen molar-refractivity contribution in [3.05, 3.63) is 0 Å². The van der Waals surface area contributed by atoms with Crippen LogP contribution in [0.25, 0.3) is 0 Å². The highest BCUT2D eigenvalue weighted by molar-refractivity contribution is 5.77. The highest BCUT2D eigenvalue weighted by atomic mass is 16.2. The van der Waals surface area contributed by atoms with E-state index < -0.39 is 0 Å². The molecule has 4 nitrogen and oxygen atoms in total. The van der Waals surface area contributed by atoms with Gasteiger partial charge in [-0.2, -0.15) is 0 Å². The summed E-state index contributed by atoms with van der Waals surface area (Å²) in [5.41, 5.74) is 5.92. The number of likely N-dealkylation sites (tertiary alicyclic amines) is 1. The van der Waals surface area contributed by atoms with Gasteiger partial charge in [-0.15, -0.1) is 0 Å². The number of hydrogen-bond donors (Lipinski definition) is 1. The molecule has 0 bridgehead atoms. The molecule has 4 heteroatoms. The van der Waals surface area contributed by atoms with Gasteiger partial charge in [0.15, 0.2) is 0 Å². The lowest BCUT2D eigenvalue weighted by Crippen LogP contribution is -2.48. The third kappa shape index (κ3) is 5.11. The zero-order chi connectivity index (χ0) is 14.4. The van der Waals surface area contributed by atoms with E-state index in [0.717, 1.165) is 32.5 Å². The van der Waals surface area contributed by atoms with Crippen molar-refractivity contribution in [3.63, 3.8) is 0 Å². The van der Waals surface area contributed by atoms with E-state index >= 15 is 0 Å². The van der Waals surface area contributed by atoms with Crippen LogP contribution in [0.2, 0.25) is 0 Å². The summed E-state index contributed by atoms with van der Waals surface area (Å²) in [5, 5.41) is 0. The van der Waals surface area contributed by atoms with E-state index in [0.29, 0.717) is 24.9 Å². The smallest absolute Gasteiger partial charge is 0.224 e. The van der Waals surface area contributed by atoms with Crippen LogP contribution in [0, 0.1) is 5.92 Å². The normalized spacial score (nSPS) is 17.8. The van der Waals surface area contributed by atoms with Crippen LogP contribution in [-0.4, -0.2) is 54.0 Å². The molecule has 19 heavy (non-hydrogen) atoms. The van der Waals surface area contributed by atoms with E-state index in [4.69, 9.17) is 5.73 Å². The molecule has 1 saturated heterocycles. The van der Waals surface area contributed by atoms with E-state index in [-0.39, 0.29) is 11.9 Å². The molecule has 1 heterocycles. The van der Waals surface area contributed by atoms with Gasteiger partial charge in [-0.05, 0) is 32.6 Å². The van der Waals surface area contributed by atoms with Crippen LogP contribution >= 0.6 is 0 Å². The van der Waals surface area contributed by atoms with Gasteiger partial charge in [-0.25, -0.2) is 0 Å². The van der Waals surface area contributed by atoms with Gasteiger partial charge in [0.1, 0.15) is 0 Å². The summed E-state index contributed by atoms with van der Waals surface area (Å²) in [6.45, 7) is 12.2. The van der Waals surface area contributed by atoms with E-state index in [2.05, 4.69) is 32.6 Å². The number of rotatable bonds is 7. The van der Waals surface area contributed by atoms with Crippen molar-refractivity contribution in [1.82, 2.24) is 9.80 Å². The van der Waals surface area contributed by atoms with Crippen LogP contribution in [0.15, 0.2) is 0 Å². The molecule has 2 N–H and O–H groups in total. The second kappa shape index (κ2) is 7.85. The van der Waals surface area contributed by atoms with Crippen LogP contribution in [-0.2, 0) is 4.79 Å². The van der Waals surface area contributed by atoms with Gasteiger partial charge in [-0.1, -0.05) is 13.8 Å². The van der Waals surface area contributed by atoms with Gasteiger partial charge in [0.25, 0.3) is 0 Å². The van der Waals surface area contributed by atoms with E-state index in [1.54, 1.807) is 0 Å². The number of carbonyl (C=O) groups is 1. The maximum absolute atomic E-state index is 12.3. The van der Waals surface area contributed by atoms with Crippen LogP contribution in [0.5, 0.6) is 0 Å². The van der Waals surface area contributed by atoms with Gasteiger partial charge in [-0.3, -0.25) is 9.69 Å². The van der Waals surface area contributed by atoms with Crippen molar-refractivity contribution in [2.75, 3.05) is 26.2 Å². The number of nitrogens with two attached hydrogens (primary N) is 1. The van der Waals surface area contributed by atoms with Crippen LogP contribution in [0.3, 0.4) is 0 Å². The van der Waals surface area contributed by atoms with Gasteiger partial charge < -0.3 is 10.6 Å².